The molecule has 0 radical (unpaired) electrons. The molecule has 0 aliphatic heterocycles. The zero-order valence-corrected chi connectivity index (χ0v) is 11.1. The minimum absolute atomic E-state index is 0.192. The number of carbonyl (C=O) groups excluding carboxylic acids is 1. The second-order valence-corrected chi connectivity index (χ2v) is 5.63. The molecule has 0 aromatic heterocycles. The molecule has 0 saturated carbocycles. The summed E-state index contributed by atoms with van der Waals surface area (Å²) in [4.78, 5) is 10.5. The first-order valence-corrected chi connectivity index (χ1v) is 7.07. The average Bonchev–Trinajstić information content (AvgIpc) is 2.37. The third kappa shape index (κ3) is 2.84. The molecule has 2 aromatic carbocycles. The maximum Gasteiger partial charge on any atom is 0.295 e. The number of hydrogen-bond acceptors (Lipinski definition) is 3. The number of hydrogen-bond donors (Lipinski definition) is 1. The van der Waals surface area contributed by atoms with Gasteiger partial charge >= 0.3 is 0 Å². The van der Waals surface area contributed by atoms with Crippen molar-refractivity contribution in [2.45, 2.75) is 4.90 Å². The first-order chi connectivity index (χ1) is 8.93. The molecule has 2 aromatic rings. The Hall–Kier alpha value is -1.69. The molecule has 0 bridgehead atoms. The van der Waals surface area contributed by atoms with Gasteiger partial charge in [0.15, 0.2) is 0 Å². The van der Waals surface area contributed by atoms with E-state index in [9.17, 15) is 17.8 Å². The topological polar surface area (TPSA) is 71.4 Å². The van der Waals surface area contributed by atoms with Gasteiger partial charge in [0.05, 0.1) is 0 Å². The first-order valence-electron chi connectivity index (χ1n) is 5.25. The minimum atomic E-state index is -4.40. The summed E-state index contributed by atoms with van der Waals surface area (Å²) in [6, 6.07) is 10.5. The van der Waals surface area contributed by atoms with Crippen LogP contribution in [0.1, 0.15) is 10.4 Å². The third-order valence-corrected chi connectivity index (χ3v) is 3.82. The van der Waals surface area contributed by atoms with Gasteiger partial charge in [0, 0.05) is 21.7 Å². The summed E-state index contributed by atoms with van der Waals surface area (Å²) in [5, 5.41) is 0.329. The van der Waals surface area contributed by atoms with Crippen LogP contribution in [0.4, 0.5) is 0 Å². The number of benzene rings is 2. The summed E-state index contributed by atoms with van der Waals surface area (Å²) in [6.45, 7) is 0. The Labute approximate surface area is 115 Å². The molecular weight excluding hydrogens is 288 g/mol. The quantitative estimate of drug-likeness (QED) is 0.698. The Morgan fingerprint density at radius 3 is 2.32 bits per heavy atom. The van der Waals surface area contributed by atoms with Gasteiger partial charge in [-0.05, 0) is 18.2 Å². The summed E-state index contributed by atoms with van der Waals surface area (Å²) < 4.78 is 32.0. The molecule has 0 saturated heterocycles. The first kappa shape index (κ1) is 13.7. The van der Waals surface area contributed by atoms with Crippen molar-refractivity contribution in [2.24, 2.45) is 0 Å². The van der Waals surface area contributed by atoms with Crippen molar-refractivity contribution in [3.05, 3.63) is 53.1 Å². The van der Waals surface area contributed by atoms with E-state index >= 15 is 0 Å². The summed E-state index contributed by atoms with van der Waals surface area (Å²) >= 11 is 6.01. The molecule has 0 aliphatic carbocycles. The van der Waals surface area contributed by atoms with Crippen molar-refractivity contribution in [3.8, 4) is 11.1 Å². The molecule has 0 spiro atoms. The monoisotopic (exact) mass is 296 g/mol. The van der Waals surface area contributed by atoms with E-state index in [2.05, 4.69) is 0 Å². The van der Waals surface area contributed by atoms with E-state index in [-0.39, 0.29) is 10.5 Å². The lowest BCUT2D eigenvalue weighted by molar-refractivity contribution is 0.112. The number of carbonyl (C=O) groups is 1. The lowest BCUT2D eigenvalue weighted by Gasteiger charge is -2.09. The van der Waals surface area contributed by atoms with Crippen LogP contribution in [0.25, 0.3) is 11.1 Å². The Morgan fingerprint density at radius 2 is 1.74 bits per heavy atom. The van der Waals surface area contributed by atoms with Crippen LogP contribution in [0.2, 0.25) is 5.02 Å². The molecule has 6 heteroatoms. The zero-order chi connectivity index (χ0) is 14.0. The van der Waals surface area contributed by atoms with Gasteiger partial charge < -0.3 is 0 Å². The molecule has 2 rings (SSSR count). The average molecular weight is 297 g/mol. The fraction of sp³-hybridized carbons (Fsp3) is 0. The van der Waals surface area contributed by atoms with Gasteiger partial charge in [0.1, 0.15) is 11.2 Å². The predicted molar refractivity (Wildman–Crippen MR) is 72.1 cm³/mol. The second-order valence-electron chi connectivity index (χ2n) is 3.83. The van der Waals surface area contributed by atoms with Crippen LogP contribution >= 0.6 is 11.6 Å². The smallest absolute Gasteiger partial charge is 0.295 e. The molecule has 98 valence electrons. The largest absolute Gasteiger partial charge is 0.298 e. The van der Waals surface area contributed by atoms with E-state index in [1.807, 2.05) is 0 Å². The van der Waals surface area contributed by atoms with Gasteiger partial charge in [-0.1, -0.05) is 35.9 Å². The van der Waals surface area contributed by atoms with E-state index in [1.165, 1.54) is 18.2 Å². The maximum absolute atomic E-state index is 11.4. The van der Waals surface area contributed by atoms with E-state index < -0.39 is 10.1 Å². The summed E-state index contributed by atoms with van der Waals surface area (Å²) in [5.41, 5.74) is 0.917. The molecule has 0 heterocycles. The van der Waals surface area contributed by atoms with Crippen LogP contribution in [0.15, 0.2) is 47.4 Å². The van der Waals surface area contributed by atoms with Crippen molar-refractivity contribution in [2.75, 3.05) is 0 Å². The fourth-order valence-electron chi connectivity index (χ4n) is 1.74. The lowest BCUT2D eigenvalue weighted by Crippen LogP contribution is -2.01. The molecular formula is C13H9ClO4S. The van der Waals surface area contributed by atoms with Crippen LogP contribution < -0.4 is 0 Å². The van der Waals surface area contributed by atoms with Crippen LogP contribution in [-0.2, 0) is 10.1 Å². The Balaban J connectivity index is 2.80. The molecule has 0 amide bonds. The molecule has 1 N–H and O–H groups in total. The van der Waals surface area contributed by atoms with Gasteiger partial charge in [-0.3, -0.25) is 9.35 Å². The molecule has 0 fully saturated rings. The van der Waals surface area contributed by atoms with E-state index in [4.69, 9.17) is 11.6 Å². The molecule has 0 unspecified atom stereocenters. The second kappa shape index (κ2) is 5.13. The molecule has 0 aliphatic rings. The third-order valence-electron chi connectivity index (χ3n) is 2.58. The van der Waals surface area contributed by atoms with Crippen molar-refractivity contribution in [3.63, 3.8) is 0 Å². The SMILES string of the molecule is O=Cc1ccc(S(=O)(=O)O)c(-c2ccccc2Cl)c1. The van der Waals surface area contributed by atoms with Gasteiger partial charge in [-0.25, -0.2) is 0 Å². The Kier molecular flexibility index (Phi) is 3.71. The number of aldehydes is 1. The number of halogens is 1. The van der Waals surface area contributed by atoms with E-state index in [0.717, 1.165) is 0 Å². The highest BCUT2D eigenvalue weighted by molar-refractivity contribution is 7.86. The van der Waals surface area contributed by atoms with Gasteiger partial charge in [0.2, 0.25) is 0 Å². The lowest BCUT2D eigenvalue weighted by atomic mass is 10.0. The van der Waals surface area contributed by atoms with E-state index in [1.54, 1.807) is 24.3 Å². The zero-order valence-electron chi connectivity index (χ0n) is 9.58. The highest BCUT2D eigenvalue weighted by Crippen LogP contribution is 2.33. The van der Waals surface area contributed by atoms with Crippen molar-refractivity contribution >= 4 is 28.0 Å². The Bertz CT molecular complexity index is 738. The summed E-state index contributed by atoms with van der Waals surface area (Å²) in [5.74, 6) is 0. The van der Waals surface area contributed by atoms with Gasteiger partial charge in [-0.15, -0.1) is 0 Å². The normalized spacial score (nSPS) is 11.3. The Morgan fingerprint density at radius 1 is 1.05 bits per heavy atom. The van der Waals surface area contributed by atoms with Gasteiger partial charge in [0.25, 0.3) is 10.1 Å². The molecule has 4 nitrogen and oxygen atoms in total. The molecule has 0 atom stereocenters. The fourth-order valence-corrected chi connectivity index (χ4v) is 2.66. The highest BCUT2D eigenvalue weighted by Gasteiger charge is 2.18. The van der Waals surface area contributed by atoms with Crippen LogP contribution in [0.5, 0.6) is 0 Å². The van der Waals surface area contributed by atoms with Gasteiger partial charge in [-0.2, -0.15) is 8.42 Å². The van der Waals surface area contributed by atoms with Crippen molar-refractivity contribution in [1.29, 1.82) is 0 Å². The summed E-state index contributed by atoms with van der Waals surface area (Å²) in [6.07, 6.45) is 0.591. The highest BCUT2D eigenvalue weighted by atomic mass is 35.5. The van der Waals surface area contributed by atoms with Crippen molar-refractivity contribution in [1.82, 2.24) is 0 Å². The van der Waals surface area contributed by atoms with Crippen LogP contribution in [-0.4, -0.2) is 19.3 Å². The summed E-state index contributed by atoms with van der Waals surface area (Å²) in [7, 11) is -4.40. The minimum Gasteiger partial charge on any atom is -0.298 e. The molecule has 19 heavy (non-hydrogen) atoms. The van der Waals surface area contributed by atoms with E-state index in [0.29, 0.717) is 22.4 Å². The predicted octanol–water partition coefficient (Wildman–Crippen LogP) is 3.07. The van der Waals surface area contributed by atoms with Crippen molar-refractivity contribution < 1.29 is 17.8 Å². The maximum atomic E-state index is 11.4. The van der Waals surface area contributed by atoms with Crippen LogP contribution in [0.3, 0.4) is 0 Å². The van der Waals surface area contributed by atoms with Crippen LogP contribution in [0, 0.1) is 0 Å². The number of rotatable bonds is 3. The standard InChI is InChI=1S/C13H9ClO4S/c14-12-4-2-1-3-10(12)11-7-9(8-15)5-6-13(11)19(16,17)18/h1-8H,(H,16,17,18).